The van der Waals surface area contributed by atoms with Gasteiger partial charge in [0, 0.05) is 31.0 Å². The number of hydrogen-bond donors (Lipinski definition) is 1. The first-order valence-corrected chi connectivity index (χ1v) is 10.1. The van der Waals surface area contributed by atoms with Crippen LogP contribution in [0.5, 0.6) is 0 Å². The predicted octanol–water partition coefficient (Wildman–Crippen LogP) is 1.88. The zero-order chi connectivity index (χ0) is 16.8. The molecule has 2 N–H and O–H groups in total. The summed E-state index contributed by atoms with van der Waals surface area (Å²) in [6.07, 6.45) is 3.94. The molecule has 1 aliphatic heterocycles. The monoisotopic (exact) mass is 372 g/mol. The van der Waals surface area contributed by atoms with Crippen molar-refractivity contribution in [2.75, 3.05) is 19.3 Å². The normalized spacial score (nSPS) is 26.1. The van der Waals surface area contributed by atoms with E-state index in [0.717, 1.165) is 24.9 Å². The average Bonchev–Trinajstić information content (AvgIpc) is 3.07. The minimum Gasteiger partial charge on any atom is -0.338 e. The Morgan fingerprint density at radius 2 is 2.00 bits per heavy atom. The van der Waals surface area contributed by atoms with Crippen LogP contribution in [-0.4, -0.2) is 44.6 Å². The lowest BCUT2D eigenvalue weighted by atomic mass is 9.98. The molecule has 1 saturated heterocycles. The molecule has 0 spiro atoms. The van der Waals surface area contributed by atoms with Gasteiger partial charge in [0.1, 0.15) is 0 Å². The van der Waals surface area contributed by atoms with Crippen LogP contribution in [0.3, 0.4) is 0 Å². The minimum atomic E-state index is -3.34. The van der Waals surface area contributed by atoms with E-state index >= 15 is 0 Å². The first-order chi connectivity index (χ1) is 10.8. The number of rotatable bonds is 3. The topological polar surface area (TPSA) is 80.5 Å². The second-order valence-corrected chi connectivity index (χ2v) is 8.81. The molecule has 1 aromatic rings. The quantitative estimate of drug-likeness (QED) is 0.878. The van der Waals surface area contributed by atoms with Gasteiger partial charge in [-0.25, -0.2) is 8.42 Å². The van der Waals surface area contributed by atoms with Crippen molar-refractivity contribution >= 4 is 28.2 Å². The van der Waals surface area contributed by atoms with Crippen molar-refractivity contribution in [3.05, 3.63) is 29.3 Å². The van der Waals surface area contributed by atoms with Gasteiger partial charge in [-0.1, -0.05) is 13.0 Å². The number of halogens is 1. The summed E-state index contributed by atoms with van der Waals surface area (Å²) in [5, 5.41) is 0. The Kier molecular flexibility index (Phi) is 5.62. The number of fused-ring (bicyclic) bond motifs is 1. The fourth-order valence-electron chi connectivity index (χ4n) is 3.98. The van der Waals surface area contributed by atoms with Gasteiger partial charge in [0.15, 0.2) is 9.84 Å². The highest BCUT2D eigenvalue weighted by Crippen LogP contribution is 2.37. The van der Waals surface area contributed by atoms with Crippen LogP contribution in [0.25, 0.3) is 0 Å². The SMILES string of the molecule is CCc1ccc(C(=O)N2CC3CCC(N)C3C2)cc1S(C)(=O)=O.Cl. The van der Waals surface area contributed by atoms with Crippen LogP contribution in [-0.2, 0) is 16.3 Å². The third kappa shape index (κ3) is 3.46. The molecule has 3 atom stereocenters. The van der Waals surface area contributed by atoms with Gasteiger partial charge in [0.2, 0.25) is 0 Å². The second kappa shape index (κ2) is 7.02. The van der Waals surface area contributed by atoms with Crippen molar-refractivity contribution in [2.45, 2.75) is 37.1 Å². The number of carbonyl (C=O) groups excluding carboxylic acids is 1. The van der Waals surface area contributed by atoms with Crippen molar-refractivity contribution in [1.29, 1.82) is 0 Å². The van der Waals surface area contributed by atoms with Crippen molar-refractivity contribution in [3.63, 3.8) is 0 Å². The van der Waals surface area contributed by atoms with Crippen molar-refractivity contribution in [2.24, 2.45) is 17.6 Å². The van der Waals surface area contributed by atoms with E-state index in [-0.39, 0.29) is 29.3 Å². The molecule has 1 saturated carbocycles. The van der Waals surface area contributed by atoms with Crippen LogP contribution in [0.1, 0.15) is 35.7 Å². The predicted molar refractivity (Wildman–Crippen MR) is 96.3 cm³/mol. The molecule has 1 heterocycles. The van der Waals surface area contributed by atoms with E-state index in [4.69, 9.17) is 5.73 Å². The maximum Gasteiger partial charge on any atom is 0.253 e. The van der Waals surface area contributed by atoms with Crippen LogP contribution in [0.15, 0.2) is 23.1 Å². The highest BCUT2D eigenvalue weighted by atomic mass is 35.5. The minimum absolute atomic E-state index is 0. The number of hydrogen-bond acceptors (Lipinski definition) is 4. The van der Waals surface area contributed by atoms with E-state index < -0.39 is 9.84 Å². The summed E-state index contributed by atoms with van der Waals surface area (Å²) in [4.78, 5) is 14.9. The maximum absolute atomic E-state index is 12.8. The van der Waals surface area contributed by atoms with Crippen LogP contribution < -0.4 is 5.73 Å². The van der Waals surface area contributed by atoms with E-state index in [2.05, 4.69) is 0 Å². The molecule has 0 bridgehead atoms. The second-order valence-electron chi connectivity index (χ2n) is 6.82. The summed E-state index contributed by atoms with van der Waals surface area (Å²) < 4.78 is 23.9. The van der Waals surface area contributed by atoms with E-state index in [1.807, 2.05) is 11.8 Å². The van der Waals surface area contributed by atoms with E-state index in [1.165, 1.54) is 12.3 Å². The van der Waals surface area contributed by atoms with Crippen LogP contribution >= 0.6 is 12.4 Å². The molecule has 3 rings (SSSR count). The zero-order valence-corrected chi connectivity index (χ0v) is 15.7. The van der Waals surface area contributed by atoms with Crippen LogP contribution in [0.2, 0.25) is 0 Å². The van der Waals surface area contributed by atoms with Crippen LogP contribution in [0, 0.1) is 11.8 Å². The van der Waals surface area contributed by atoms with E-state index in [1.54, 1.807) is 12.1 Å². The van der Waals surface area contributed by atoms with Gasteiger partial charge >= 0.3 is 0 Å². The third-order valence-electron chi connectivity index (χ3n) is 5.29. The molecule has 0 radical (unpaired) electrons. The number of benzene rings is 1. The summed E-state index contributed by atoms with van der Waals surface area (Å²) in [6, 6.07) is 5.22. The molecule has 1 aliphatic carbocycles. The Morgan fingerprint density at radius 3 is 2.58 bits per heavy atom. The molecule has 7 heteroatoms. The fraction of sp³-hybridized carbons (Fsp3) is 0.588. The van der Waals surface area contributed by atoms with Gasteiger partial charge < -0.3 is 10.6 Å². The molecule has 2 fully saturated rings. The van der Waals surface area contributed by atoms with Gasteiger partial charge in [-0.3, -0.25) is 4.79 Å². The molecule has 1 amide bonds. The van der Waals surface area contributed by atoms with E-state index in [9.17, 15) is 13.2 Å². The summed E-state index contributed by atoms with van der Waals surface area (Å²) in [7, 11) is -3.34. The number of sulfone groups is 1. The zero-order valence-electron chi connectivity index (χ0n) is 14.1. The number of nitrogens with two attached hydrogens (primary N) is 1. The Morgan fingerprint density at radius 1 is 1.29 bits per heavy atom. The van der Waals surface area contributed by atoms with Gasteiger partial charge in [-0.2, -0.15) is 0 Å². The maximum atomic E-state index is 12.8. The van der Waals surface area contributed by atoms with Gasteiger partial charge in [-0.15, -0.1) is 12.4 Å². The summed E-state index contributed by atoms with van der Waals surface area (Å²) >= 11 is 0. The Labute approximate surface area is 149 Å². The van der Waals surface area contributed by atoms with Gasteiger partial charge in [0.25, 0.3) is 5.91 Å². The standard InChI is InChI=1S/C17H24N2O3S.ClH/c1-3-11-4-5-12(8-16(11)23(2,21)22)17(20)19-9-13-6-7-15(18)14(13)10-19;/h4-5,8,13-15H,3,6-7,9-10,18H2,1-2H3;1H. The largest absolute Gasteiger partial charge is 0.338 e. The lowest BCUT2D eigenvalue weighted by Gasteiger charge is -2.19. The highest BCUT2D eigenvalue weighted by Gasteiger charge is 2.42. The van der Waals surface area contributed by atoms with Crippen molar-refractivity contribution in [1.82, 2.24) is 4.90 Å². The lowest BCUT2D eigenvalue weighted by Crippen LogP contribution is -2.33. The number of carbonyl (C=O) groups is 1. The average molecular weight is 373 g/mol. The Balaban J connectivity index is 0.00000208. The number of aryl methyl sites for hydroxylation is 1. The lowest BCUT2D eigenvalue weighted by molar-refractivity contribution is 0.0779. The van der Waals surface area contributed by atoms with Gasteiger partial charge in [-0.05, 0) is 48.8 Å². The smallest absolute Gasteiger partial charge is 0.253 e. The molecular weight excluding hydrogens is 348 g/mol. The molecule has 3 unspecified atom stereocenters. The molecule has 134 valence electrons. The summed E-state index contributed by atoms with van der Waals surface area (Å²) in [5.74, 6) is 0.806. The molecule has 0 aromatic heterocycles. The van der Waals surface area contributed by atoms with E-state index in [0.29, 0.717) is 30.4 Å². The Hall–Kier alpha value is -1.11. The van der Waals surface area contributed by atoms with Gasteiger partial charge in [0.05, 0.1) is 4.90 Å². The van der Waals surface area contributed by atoms with Crippen LogP contribution in [0.4, 0.5) is 0 Å². The molecule has 24 heavy (non-hydrogen) atoms. The summed E-state index contributed by atoms with van der Waals surface area (Å²) in [5.41, 5.74) is 7.33. The number of nitrogens with zero attached hydrogens (tertiary/aromatic N) is 1. The molecule has 2 aliphatic rings. The number of amides is 1. The summed E-state index contributed by atoms with van der Waals surface area (Å²) in [6.45, 7) is 3.34. The fourth-order valence-corrected chi connectivity index (χ4v) is 5.01. The molecule has 5 nitrogen and oxygen atoms in total. The molecular formula is C17H25ClN2O3S. The third-order valence-corrected chi connectivity index (χ3v) is 6.47. The highest BCUT2D eigenvalue weighted by molar-refractivity contribution is 7.90. The number of likely N-dealkylation sites (tertiary alicyclic amines) is 1. The molecule has 1 aromatic carbocycles. The first-order valence-electron chi connectivity index (χ1n) is 8.19. The first kappa shape index (κ1) is 19.2. The Bertz CT molecular complexity index is 735. The van der Waals surface area contributed by atoms with Crippen molar-refractivity contribution < 1.29 is 13.2 Å². The van der Waals surface area contributed by atoms with Crippen molar-refractivity contribution in [3.8, 4) is 0 Å².